The first-order chi connectivity index (χ1) is 13.8. The molecule has 0 amide bonds. The summed E-state index contributed by atoms with van der Waals surface area (Å²) in [5.74, 6) is 0.752. The van der Waals surface area contributed by atoms with E-state index in [0.717, 1.165) is 27.9 Å². The Morgan fingerprint density at radius 2 is 1.54 bits per heavy atom. The molecular weight excluding hydrogens is 352 g/mol. The lowest BCUT2D eigenvalue weighted by molar-refractivity contribution is 0.415. The molecule has 3 aromatic carbocycles. The van der Waals surface area contributed by atoms with E-state index in [1.165, 1.54) is 0 Å². The Bertz CT molecular complexity index is 1350. The van der Waals surface area contributed by atoms with Crippen molar-refractivity contribution in [1.29, 1.82) is 0 Å². The van der Waals surface area contributed by atoms with Gasteiger partial charge in [-0.25, -0.2) is 9.48 Å². The van der Waals surface area contributed by atoms with Crippen LogP contribution in [0.2, 0.25) is 0 Å². The third-order valence-corrected chi connectivity index (χ3v) is 4.80. The number of para-hydroxylation sites is 1. The van der Waals surface area contributed by atoms with Gasteiger partial charge in [-0.15, -0.1) is 0 Å². The van der Waals surface area contributed by atoms with E-state index in [2.05, 4.69) is 0 Å². The molecule has 0 aliphatic carbocycles. The van der Waals surface area contributed by atoms with E-state index in [1.54, 1.807) is 13.2 Å². The van der Waals surface area contributed by atoms with Crippen molar-refractivity contribution in [3.8, 4) is 22.7 Å². The van der Waals surface area contributed by atoms with Gasteiger partial charge in [0.2, 0.25) is 0 Å². The molecule has 0 bridgehead atoms. The van der Waals surface area contributed by atoms with Crippen molar-refractivity contribution in [3.05, 3.63) is 89.3 Å². The number of rotatable bonds is 3. The van der Waals surface area contributed by atoms with Crippen molar-refractivity contribution in [2.45, 2.75) is 0 Å². The average molecular weight is 368 g/mol. The van der Waals surface area contributed by atoms with Crippen molar-refractivity contribution in [2.24, 2.45) is 0 Å². The molecule has 0 atom stereocenters. The van der Waals surface area contributed by atoms with Crippen LogP contribution in [0.4, 0.5) is 0 Å². The van der Waals surface area contributed by atoms with Gasteiger partial charge in [-0.1, -0.05) is 36.4 Å². The Hall–Kier alpha value is -3.86. The van der Waals surface area contributed by atoms with E-state index in [-0.39, 0.29) is 5.63 Å². The summed E-state index contributed by atoms with van der Waals surface area (Å²) in [7, 11) is 1.62. The molecule has 5 aromatic rings. The van der Waals surface area contributed by atoms with Gasteiger partial charge < -0.3 is 9.15 Å². The van der Waals surface area contributed by atoms with Crippen LogP contribution in [0, 0.1) is 0 Å². The molecular formula is C23H16N2O3. The van der Waals surface area contributed by atoms with E-state index < -0.39 is 0 Å². The normalized spacial score (nSPS) is 11.2. The maximum absolute atomic E-state index is 12.6. The highest BCUT2D eigenvalue weighted by Gasteiger charge is 2.20. The summed E-state index contributed by atoms with van der Waals surface area (Å²) in [5, 5.41) is 6.17. The topological polar surface area (TPSA) is 57.3 Å². The van der Waals surface area contributed by atoms with Crippen LogP contribution in [0.3, 0.4) is 0 Å². The van der Waals surface area contributed by atoms with E-state index in [9.17, 15) is 4.79 Å². The van der Waals surface area contributed by atoms with Crippen LogP contribution in [0.1, 0.15) is 0 Å². The maximum atomic E-state index is 12.6. The SMILES string of the molecule is COc1ccc(-c2nn(-c3ccccc3)c3c2oc(=O)c2ccccc23)cc1. The summed E-state index contributed by atoms with van der Waals surface area (Å²) < 4.78 is 12.8. The maximum Gasteiger partial charge on any atom is 0.344 e. The summed E-state index contributed by atoms with van der Waals surface area (Å²) in [6.45, 7) is 0. The van der Waals surface area contributed by atoms with Crippen LogP contribution in [-0.4, -0.2) is 16.9 Å². The number of hydrogen-bond donors (Lipinski definition) is 0. The third-order valence-electron chi connectivity index (χ3n) is 4.80. The van der Waals surface area contributed by atoms with Crippen LogP contribution < -0.4 is 10.4 Å². The van der Waals surface area contributed by atoms with Gasteiger partial charge in [0.25, 0.3) is 0 Å². The summed E-state index contributed by atoms with van der Waals surface area (Å²) in [4.78, 5) is 12.6. The largest absolute Gasteiger partial charge is 0.497 e. The fourth-order valence-corrected chi connectivity index (χ4v) is 3.45. The van der Waals surface area contributed by atoms with E-state index in [0.29, 0.717) is 16.7 Å². The number of aromatic nitrogens is 2. The second-order valence-corrected chi connectivity index (χ2v) is 6.44. The Balaban J connectivity index is 1.90. The highest BCUT2D eigenvalue weighted by molar-refractivity contribution is 6.06. The molecule has 136 valence electrons. The summed E-state index contributed by atoms with van der Waals surface area (Å²) in [6, 6.07) is 24.8. The number of hydrogen-bond acceptors (Lipinski definition) is 4. The molecule has 0 radical (unpaired) electrons. The first-order valence-electron chi connectivity index (χ1n) is 8.90. The summed E-state index contributed by atoms with van der Waals surface area (Å²) in [6.07, 6.45) is 0. The molecule has 0 saturated carbocycles. The Labute approximate surface area is 160 Å². The monoisotopic (exact) mass is 368 g/mol. The smallest absolute Gasteiger partial charge is 0.344 e. The molecule has 0 saturated heterocycles. The van der Waals surface area contributed by atoms with Crippen LogP contribution in [0.5, 0.6) is 5.75 Å². The molecule has 0 spiro atoms. The van der Waals surface area contributed by atoms with Crippen LogP contribution in [-0.2, 0) is 0 Å². The standard InChI is InChI=1S/C23H16N2O3/c1-27-17-13-11-15(12-14-17)20-22-21(25(24-20)16-7-3-2-4-8-16)18-9-5-6-10-19(18)23(26)28-22/h2-14H,1H3. The minimum atomic E-state index is -0.370. The molecule has 5 rings (SSSR count). The molecule has 0 N–H and O–H groups in total. The number of ether oxygens (including phenoxy) is 1. The van der Waals surface area contributed by atoms with Gasteiger partial charge in [0.1, 0.15) is 17.0 Å². The predicted octanol–water partition coefficient (Wildman–Crippen LogP) is 4.81. The highest BCUT2D eigenvalue weighted by Crippen LogP contribution is 2.33. The minimum absolute atomic E-state index is 0.370. The van der Waals surface area contributed by atoms with E-state index in [1.807, 2.05) is 77.5 Å². The lowest BCUT2D eigenvalue weighted by atomic mass is 10.1. The molecule has 0 aliphatic heterocycles. The van der Waals surface area contributed by atoms with E-state index >= 15 is 0 Å². The Kier molecular flexibility index (Phi) is 3.72. The predicted molar refractivity (Wildman–Crippen MR) is 109 cm³/mol. The Morgan fingerprint density at radius 3 is 2.25 bits per heavy atom. The fraction of sp³-hybridized carbons (Fsp3) is 0.0435. The summed E-state index contributed by atoms with van der Waals surface area (Å²) in [5.41, 5.74) is 3.23. The molecule has 0 aliphatic rings. The van der Waals surface area contributed by atoms with Gasteiger partial charge in [0.15, 0.2) is 5.58 Å². The zero-order valence-corrected chi connectivity index (χ0v) is 15.1. The van der Waals surface area contributed by atoms with Crippen LogP contribution in [0.25, 0.3) is 38.8 Å². The minimum Gasteiger partial charge on any atom is -0.497 e. The summed E-state index contributed by atoms with van der Waals surface area (Å²) >= 11 is 0. The van der Waals surface area contributed by atoms with Gasteiger partial charge >= 0.3 is 5.63 Å². The second kappa shape index (κ2) is 6.39. The highest BCUT2D eigenvalue weighted by atomic mass is 16.5. The first kappa shape index (κ1) is 16.3. The molecule has 5 heteroatoms. The van der Waals surface area contributed by atoms with Gasteiger partial charge in [-0.2, -0.15) is 5.10 Å². The van der Waals surface area contributed by atoms with E-state index in [4.69, 9.17) is 14.3 Å². The fourth-order valence-electron chi connectivity index (χ4n) is 3.45. The van der Waals surface area contributed by atoms with Gasteiger partial charge in [-0.3, -0.25) is 0 Å². The van der Waals surface area contributed by atoms with Crippen molar-refractivity contribution in [2.75, 3.05) is 7.11 Å². The lowest BCUT2D eigenvalue weighted by Crippen LogP contribution is -2.01. The first-order valence-corrected chi connectivity index (χ1v) is 8.90. The average Bonchev–Trinajstić information content (AvgIpc) is 3.14. The van der Waals surface area contributed by atoms with Crippen LogP contribution >= 0.6 is 0 Å². The number of nitrogens with zero attached hydrogens (tertiary/aromatic N) is 2. The molecule has 5 nitrogen and oxygen atoms in total. The van der Waals surface area contributed by atoms with Gasteiger partial charge in [0.05, 0.1) is 18.2 Å². The number of fused-ring (bicyclic) bond motifs is 3. The van der Waals surface area contributed by atoms with Gasteiger partial charge in [0, 0.05) is 10.9 Å². The van der Waals surface area contributed by atoms with Crippen molar-refractivity contribution >= 4 is 21.9 Å². The number of benzene rings is 3. The Morgan fingerprint density at radius 1 is 0.857 bits per heavy atom. The van der Waals surface area contributed by atoms with Crippen molar-refractivity contribution < 1.29 is 9.15 Å². The quantitative estimate of drug-likeness (QED) is 0.459. The zero-order chi connectivity index (χ0) is 19.1. The molecule has 2 heterocycles. The molecule has 0 fully saturated rings. The molecule has 28 heavy (non-hydrogen) atoms. The van der Waals surface area contributed by atoms with Crippen molar-refractivity contribution in [3.63, 3.8) is 0 Å². The molecule has 0 unspecified atom stereocenters. The molecule has 2 aromatic heterocycles. The zero-order valence-electron chi connectivity index (χ0n) is 15.1. The van der Waals surface area contributed by atoms with Crippen LogP contribution in [0.15, 0.2) is 88.1 Å². The lowest BCUT2D eigenvalue weighted by Gasteiger charge is -2.04. The van der Waals surface area contributed by atoms with Gasteiger partial charge in [-0.05, 0) is 42.5 Å². The third kappa shape index (κ3) is 2.48. The van der Waals surface area contributed by atoms with Crippen molar-refractivity contribution in [1.82, 2.24) is 9.78 Å². The second-order valence-electron chi connectivity index (χ2n) is 6.44. The number of methoxy groups -OCH3 is 1.